The normalized spacial score (nSPS) is 15.0. The van der Waals surface area contributed by atoms with E-state index in [0.717, 1.165) is 17.0 Å². The molecule has 0 aliphatic carbocycles. The van der Waals surface area contributed by atoms with Gasteiger partial charge in [0.15, 0.2) is 4.80 Å². The van der Waals surface area contributed by atoms with E-state index >= 15 is 0 Å². The molecule has 11 heteroatoms. The van der Waals surface area contributed by atoms with E-state index in [1.165, 1.54) is 29.1 Å². The number of fused-ring (bicyclic) bond motifs is 1. The standard InChI is InChI=1S/C31H29ClFN3O5S/c1-7-41-30(38)27-17(3)34-31-36(28(27)22-10-9-21(39-5)15-25(22)40-6)29(37)26(42-31)13-19-12-16(2)35(18(19)4)20-8-11-24(33)23(32)14-20/h8-15,28H,7H2,1-6H3/t28-/m1/s1. The topological polar surface area (TPSA) is 84.1 Å². The van der Waals surface area contributed by atoms with Gasteiger partial charge in [-0.15, -0.1) is 0 Å². The average Bonchev–Trinajstić information content (AvgIpc) is 3.42. The maximum atomic E-state index is 14.1. The summed E-state index contributed by atoms with van der Waals surface area (Å²) in [6.07, 6.45) is 1.81. The number of benzene rings is 2. The molecule has 0 amide bonds. The van der Waals surface area contributed by atoms with Crippen LogP contribution in [0.4, 0.5) is 4.39 Å². The van der Waals surface area contributed by atoms with Crippen LogP contribution in [0.15, 0.2) is 63.5 Å². The van der Waals surface area contributed by atoms with Gasteiger partial charge in [0.1, 0.15) is 23.4 Å². The largest absolute Gasteiger partial charge is 0.497 e. The Kier molecular flexibility index (Phi) is 8.12. The van der Waals surface area contributed by atoms with Gasteiger partial charge < -0.3 is 18.8 Å². The Morgan fingerprint density at radius 2 is 1.88 bits per heavy atom. The number of nitrogens with zero attached hydrogens (tertiary/aromatic N) is 3. The predicted octanol–water partition coefficient (Wildman–Crippen LogP) is 5.02. The number of halogens is 2. The zero-order chi connectivity index (χ0) is 30.3. The van der Waals surface area contributed by atoms with Crippen molar-refractivity contribution in [3.63, 3.8) is 0 Å². The van der Waals surface area contributed by atoms with Crippen molar-refractivity contribution < 1.29 is 23.4 Å². The Labute approximate surface area is 250 Å². The lowest BCUT2D eigenvalue weighted by molar-refractivity contribution is -0.139. The molecule has 0 N–H and O–H groups in total. The maximum Gasteiger partial charge on any atom is 0.338 e. The first kappa shape index (κ1) is 29.3. The van der Waals surface area contributed by atoms with Gasteiger partial charge >= 0.3 is 5.97 Å². The number of methoxy groups -OCH3 is 2. The molecule has 2 aromatic heterocycles. The van der Waals surface area contributed by atoms with Crippen LogP contribution in [0.2, 0.25) is 5.02 Å². The van der Waals surface area contributed by atoms with Crippen LogP contribution in [0, 0.1) is 19.7 Å². The number of rotatable bonds is 7. The first-order valence-corrected chi connectivity index (χ1v) is 14.3. The summed E-state index contributed by atoms with van der Waals surface area (Å²) in [7, 11) is 3.07. The number of hydrogen-bond donors (Lipinski definition) is 0. The smallest absolute Gasteiger partial charge is 0.338 e. The van der Waals surface area contributed by atoms with Gasteiger partial charge in [0, 0.05) is 28.7 Å². The van der Waals surface area contributed by atoms with E-state index in [-0.39, 0.29) is 22.8 Å². The minimum absolute atomic E-state index is 0.0246. The Bertz CT molecular complexity index is 1940. The maximum absolute atomic E-state index is 14.1. The molecule has 1 aliphatic heterocycles. The number of allylic oxidation sites excluding steroid dienone is 1. The molecular weight excluding hydrogens is 581 g/mol. The van der Waals surface area contributed by atoms with Crippen LogP contribution in [0.5, 0.6) is 11.5 Å². The first-order chi connectivity index (χ1) is 20.1. The second-order valence-corrected chi connectivity index (χ2v) is 11.1. The molecule has 218 valence electrons. The first-order valence-electron chi connectivity index (χ1n) is 13.2. The number of hydrogen-bond acceptors (Lipinski definition) is 7. The van der Waals surface area contributed by atoms with E-state index in [1.54, 1.807) is 57.4 Å². The molecule has 5 rings (SSSR count). The number of carbonyl (C=O) groups is 1. The summed E-state index contributed by atoms with van der Waals surface area (Å²) in [4.78, 5) is 32.4. The molecule has 0 saturated heterocycles. The third-order valence-corrected chi connectivity index (χ3v) is 8.44. The van der Waals surface area contributed by atoms with Crippen molar-refractivity contribution in [3.05, 3.63) is 107 Å². The van der Waals surface area contributed by atoms with Crippen LogP contribution in [-0.4, -0.2) is 35.9 Å². The number of esters is 1. The van der Waals surface area contributed by atoms with Crippen LogP contribution in [-0.2, 0) is 9.53 Å². The van der Waals surface area contributed by atoms with Gasteiger partial charge in [0.25, 0.3) is 5.56 Å². The number of ether oxygens (including phenoxy) is 3. The lowest BCUT2D eigenvalue weighted by Crippen LogP contribution is -2.40. The second kappa shape index (κ2) is 11.6. The SMILES string of the molecule is CCOC(=O)C1=C(C)N=c2sc(=Cc3cc(C)n(-c4ccc(F)c(Cl)c4)c3C)c(=O)n2[C@@H]1c1ccc(OC)cc1OC. The second-order valence-electron chi connectivity index (χ2n) is 9.67. The summed E-state index contributed by atoms with van der Waals surface area (Å²) in [5.74, 6) is -0.0340. The van der Waals surface area contributed by atoms with Crippen LogP contribution in [0.3, 0.4) is 0 Å². The van der Waals surface area contributed by atoms with Crippen LogP contribution < -0.4 is 24.4 Å². The number of aromatic nitrogens is 2. The minimum Gasteiger partial charge on any atom is -0.497 e. The van der Waals surface area contributed by atoms with Gasteiger partial charge in [-0.1, -0.05) is 22.9 Å². The Balaban J connectivity index is 1.72. The van der Waals surface area contributed by atoms with E-state index in [2.05, 4.69) is 4.99 Å². The lowest BCUT2D eigenvalue weighted by atomic mass is 9.95. The predicted molar refractivity (Wildman–Crippen MR) is 160 cm³/mol. The Morgan fingerprint density at radius 1 is 1.12 bits per heavy atom. The van der Waals surface area contributed by atoms with Gasteiger partial charge in [-0.05, 0) is 75.7 Å². The van der Waals surface area contributed by atoms with Crippen molar-refractivity contribution in [2.24, 2.45) is 4.99 Å². The quantitative estimate of drug-likeness (QED) is 0.275. The highest BCUT2D eigenvalue weighted by molar-refractivity contribution is 7.07. The average molecular weight is 610 g/mol. The third kappa shape index (κ3) is 5.05. The zero-order valence-electron chi connectivity index (χ0n) is 24.0. The number of aryl methyl sites for hydroxylation is 1. The van der Waals surface area contributed by atoms with Crippen molar-refractivity contribution in [2.75, 3.05) is 20.8 Å². The molecular formula is C31H29ClFN3O5S. The minimum atomic E-state index is -0.836. The molecule has 42 heavy (non-hydrogen) atoms. The van der Waals surface area contributed by atoms with E-state index < -0.39 is 17.8 Å². The van der Waals surface area contributed by atoms with E-state index in [9.17, 15) is 14.0 Å². The zero-order valence-corrected chi connectivity index (χ0v) is 25.5. The van der Waals surface area contributed by atoms with Crippen molar-refractivity contribution in [3.8, 4) is 17.2 Å². The molecule has 3 heterocycles. The Hall–Kier alpha value is -4.15. The van der Waals surface area contributed by atoms with E-state index in [0.29, 0.717) is 37.8 Å². The molecule has 0 unspecified atom stereocenters. The molecule has 0 spiro atoms. The summed E-state index contributed by atoms with van der Waals surface area (Å²) in [5, 5.41) is 0.0246. The third-order valence-electron chi connectivity index (χ3n) is 7.17. The molecule has 4 aromatic rings. The highest BCUT2D eigenvalue weighted by Gasteiger charge is 2.35. The highest BCUT2D eigenvalue weighted by atomic mass is 35.5. The molecule has 1 aliphatic rings. The highest BCUT2D eigenvalue weighted by Crippen LogP contribution is 2.37. The molecule has 0 bridgehead atoms. The van der Waals surface area contributed by atoms with Crippen LogP contribution in [0.1, 0.15) is 42.4 Å². The molecule has 8 nitrogen and oxygen atoms in total. The monoisotopic (exact) mass is 609 g/mol. The lowest BCUT2D eigenvalue weighted by Gasteiger charge is -2.26. The fourth-order valence-electron chi connectivity index (χ4n) is 5.23. The van der Waals surface area contributed by atoms with Gasteiger partial charge in [0.2, 0.25) is 0 Å². The molecule has 0 radical (unpaired) electrons. The van der Waals surface area contributed by atoms with Gasteiger partial charge in [-0.3, -0.25) is 9.36 Å². The fourth-order valence-corrected chi connectivity index (χ4v) is 6.44. The van der Waals surface area contributed by atoms with Crippen molar-refractivity contribution >= 4 is 35.0 Å². The van der Waals surface area contributed by atoms with Crippen molar-refractivity contribution in [1.82, 2.24) is 9.13 Å². The van der Waals surface area contributed by atoms with Crippen LogP contribution >= 0.6 is 22.9 Å². The van der Waals surface area contributed by atoms with Gasteiger partial charge in [-0.25, -0.2) is 14.2 Å². The fraction of sp³-hybridized carbons (Fsp3) is 0.258. The molecule has 0 saturated carbocycles. The van der Waals surface area contributed by atoms with Crippen LogP contribution in [0.25, 0.3) is 11.8 Å². The van der Waals surface area contributed by atoms with Crippen molar-refractivity contribution in [2.45, 2.75) is 33.7 Å². The van der Waals surface area contributed by atoms with E-state index in [1.807, 2.05) is 24.5 Å². The number of thiazole rings is 1. The number of carbonyl (C=O) groups excluding carboxylic acids is 1. The summed E-state index contributed by atoms with van der Waals surface area (Å²) < 4.78 is 34.1. The molecule has 2 aromatic carbocycles. The molecule has 0 fully saturated rings. The summed E-state index contributed by atoms with van der Waals surface area (Å²) >= 11 is 7.28. The summed E-state index contributed by atoms with van der Waals surface area (Å²) in [5.41, 5.74) is 4.23. The summed E-state index contributed by atoms with van der Waals surface area (Å²) in [6, 6.07) is 10.9. The molecule has 1 atom stereocenters. The van der Waals surface area contributed by atoms with Crippen molar-refractivity contribution in [1.29, 1.82) is 0 Å². The Morgan fingerprint density at radius 3 is 2.55 bits per heavy atom. The van der Waals surface area contributed by atoms with Gasteiger partial charge in [0.05, 0.1) is 41.7 Å². The summed E-state index contributed by atoms with van der Waals surface area (Å²) in [6.45, 7) is 7.47. The van der Waals surface area contributed by atoms with Gasteiger partial charge in [-0.2, -0.15) is 0 Å². The van der Waals surface area contributed by atoms with E-state index in [4.69, 9.17) is 25.8 Å².